The van der Waals surface area contributed by atoms with Crippen molar-refractivity contribution in [2.45, 2.75) is 24.2 Å². The van der Waals surface area contributed by atoms with Crippen molar-refractivity contribution in [3.63, 3.8) is 0 Å². The SMILES string of the molecule is CS(=O)(=O)c1ccc(C2=C(c3ccc(F)cc3)CCC2)cc1F. The van der Waals surface area contributed by atoms with E-state index >= 15 is 0 Å². The first-order valence-corrected chi connectivity index (χ1v) is 9.23. The molecule has 5 heteroatoms. The van der Waals surface area contributed by atoms with Crippen LogP contribution in [0.3, 0.4) is 0 Å². The molecular formula is C18H16F2O2S. The summed E-state index contributed by atoms with van der Waals surface area (Å²) >= 11 is 0. The topological polar surface area (TPSA) is 34.1 Å². The second-order valence-corrected chi connectivity index (χ2v) is 7.72. The van der Waals surface area contributed by atoms with Gasteiger partial charge in [0.2, 0.25) is 0 Å². The van der Waals surface area contributed by atoms with Crippen LogP contribution in [0.25, 0.3) is 11.1 Å². The van der Waals surface area contributed by atoms with E-state index in [0.29, 0.717) is 5.56 Å². The number of halogens is 2. The van der Waals surface area contributed by atoms with Gasteiger partial charge in [-0.25, -0.2) is 17.2 Å². The number of hydrogen-bond acceptors (Lipinski definition) is 2. The van der Waals surface area contributed by atoms with Crippen LogP contribution >= 0.6 is 0 Å². The first-order chi connectivity index (χ1) is 10.9. The fraction of sp³-hybridized carbons (Fsp3) is 0.222. The van der Waals surface area contributed by atoms with Gasteiger partial charge in [-0.15, -0.1) is 0 Å². The third-order valence-corrected chi connectivity index (χ3v) is 5.22. The number of benzene rings is 2. The predicted octanol–water partition coefficient (Wildman–Crippen LogP) is 4.46. The van der Waals surface area contributed by atoms with E-state index < -0.39 is 15.7 Å². The highest BCUT2D eigenvalue weighted by Crippen LogP contribution is 2.40. The highest BCUT2D eigenvalue weighted by Gasteiger charge is 2.20. The lowest BCUT2D eigenvalue weighted by Crippen LogP contribution is -2.01. The van der Waals surface area contributed by atoms with E-state index in [9.17, 15) is 17.2 Å². The van der Waals surface area contributed by atoms with Crippen molar-refractivity contribution < 1.29 is 17.2 Å². The van der Waals surface area contributed by atoms with Gasteiger partial charge in [0.05, 0.1) is 0 Å². The molecule has 23 heavy (non-hydrogen) atoms. The van der Waals surface area contributed by atoms with Crippen LogP contribution in [0.2, 0.25) is 0 Å². The van der Waals surface area contributed by atoms with E-state index in [4.69, 9.17) is 0 Å². The predicted molar refractivity (Wildman–Crippen MR) is 86.6 cm³/mol. The average molecular weight is 334 g/mol. The van der Waals surface area contributed by atoms with E-state index in [2.05, 4.69) is 0 Å². The van der Waals surface area contributed by atoms with E-state index in [-0.39, 0.29) is 10.7 Å². The number of rotatable bonds is 3. The fourth-order valence-corrected chi connectivity index (χ4v) is 3.75. The van der Waals surface area contributed by atoms with Crippen molar-refractivity contribution in [3.8, 4) is 0 Å². The van der Waals surface area contributed by atoms with Crippen LogP contribution in [-0.4, -0.2) is 14.7 Å². The van der Waals surface area contributed by atoms with Gasteiger partial charge < -0.3 is 0 Å². The van der Waals surface area contributed by atoms with Gasteiger partial charge in [0.25, 0.3) is 0 Å². The second-order valence-electron chi connectivity index (χ2n) is 5.73. The molecule has 0 unspecified atom stereocenters. The molecular weight excluding hydrogens is 318 g/mol. The zero-order chi connectivity index (χ0) is 16.6. The average Bonchev–Trinajstić information content (AvgIpc) is 2.96. The summed E-state index contributed by atoms with van der Waals surface area (Å²) in [4.78, 5) is -0.289. The molecule has 0 bridgehead atoms. The minimum atomic E-state index is -3.58. The Balaban J connectivity index is 2.07. The third-order valence-electron chi connectivity index (χ3n) is 4.09. The Bertz CT molecular complexity index is 882. The number of allylic oxidation sites excluding steroid dienone is 2. The summed E-state index contributed by atoms with van der Waals surface area (Å²) in [5, 5.41) is 0. The molecule has 2 nitrogen and oxygen atoms in total. The van der Waals surface area contributed by atoms with Crippen LogP contribution < -0.4 is 0 Å². The maximum Gasteiger partial charge on any atom is 0.178 e. The lowest BCUT2D eigenvalue weighted by molar-refractivity contribution is 0.570. The highest BCUT2D eigenvalue weighted by molar-refractivity contribution is 7.90. The summed E-state index contributed by atoms with van der Waals surface area (Å²) in [6.45, 7) is 0. The van der Waals surface area contributed by atoms with Gasteiger partial charge in [-0.3, -0.25) is 0 Å². The molecule has 0 aromatic heterocycles. The molecule has 0 amide bonds. The molecule has 0 saturated carbocycles. The molecule has 0 fully saturated rings. The van der Waals surface area contributed by atoms with Gasteiger partial charge in [0, 0.05) is 6.26 Å². The minimum absolute atomic E-state index is 0.289. The molecule has 0 heterocycles. The zero-order valence-corrected chi connectivity index (χ0v) is 13.5. The summed E-state index contributed by atoms with van der Waals surface area (Å²) < 4.78 is 50.2. The van der Waals surface area contributed by atoms with Gasteiger partial charge in [-0.1, -0.05) is 18.2 Å². The van der Waals surface area contributed by atoms with E-state index in [0.717, 1.165) is 42.2 Å². The summed E-state index contributed by atoms with van der Waals surface area (Å²) in [5.74, 6) is -1.03. The summed E-state index contributed by atoms with van der Waals surface area (Å²) in [7, 11) is -3.58. The molecule has 0 aliphatic heterocycles. The standard InChI is InChI=1S/C18H16F2O2S/c1-23(21,22)18-10-7-13(11-17(18)20)16-4-2-3-15(16)12-5-8-14(19)9-6-12/h5-11H,2-4H2,1H3. The normalized spacial score (nSPS) is 15.3. The molecule has 2 aromatic carbocycles. The number of hydrogen-bond donors (Lipinski definition) is 0. The van der Waals surface area contributed by atoms with Crippen LogP contribution in [0, 0.1) is 11.6 Å². The van der Waals surface area contributed by atoms with Crippen molar-refractivity contribution in [1.29, 1.82) is 0 Å². The fourth-order valence-electron chi connectivity index (χ4n) is 3.02. The lowest BCUT2D eigenvalue weighted by Gasteiger charge is -2.10. The highest BCUT2D eigenvalue weighted by atomic mass is 32.2. The first kappa shape index (κ1) is 15.9. The van der Waals surface area contributed by atoms with Gasteiger partial charge in [-0.05, 0) is 65.8 Å². The van der Waals surface area contributed by atoms with Crippen LogP contribution in [-0.2, 0) is 9.84 Å². The van der Waals surface area contributed by atoms with Gasteiger partial charge in [0.1, 0.15) is 16.5 Å². The zero-order valence-electron chi connectivity index (χ0n) is 12.6. The van der Waals surface area contributed by atoms with Crippen LogP contribution in [0.5, 0.6) is 0 Å². The lowest BCUT2D eigenvalue weighted by atomic mass is 9.97. The molecule has 1 aliphatic rings. The Morgan fingerprint density at radius 3 is 2.00 bits per heavy atom. The minimum Gasteiger partial charge on any atom is -0.224 e. The van der Waals surface area contributed by atoms with Gasteiger partial charge >= 0.3 is 0 Å². The van der Waals surface area contributed by atoms with Crippen molar-refractivity contribution in [2.75, 3.05) is 6.26 Å². The van der Waals surface area contributed by atoms with Crippen molar-refractivity contribution in [3.05, 3.63) is 65.2 Å². The summed E-state index contributed by atoms with van der Waals surface area (Å²) in [6, 6.07) is 10.5. The first-order valence-electron chi connectivity index (χ1n) is 7.34. The molecule has 0 radical (unpaired) electrons. The largest absolute Gasteiger partial charge is 0.224 e. The third kappa shape index (κ3) is 3.20. The molecule has 0 saturated heterocycles. The van der Waals surface area contributed by atoms with Gasteiger partial charge in [0.15, 0.2) is 9.84 Å². The number of sulfone groups is 1. The maximum atomic E-state index is 14.1. The molecule has 3 rings (SSSR count). The van der Waals surface area contributed by atoms with Crippen LogP contribution in [0.4, 0.5) is 8.78 Å². The second kappa shape index (κ2) is 5.89. The Labute approximate surface area is 134 Å². The Morgan fingerprint density at radius 1 is 0.870 bits per heavy atom. The van der Waals surface area contributed by atoms with E-state index in [1.54, 1.807) is 18.2 Å². The van der Waals surface area contributed by atoms with E-state index in [1.807, 2.05) is 0 Å². The van der Waals surface area contributed by atoms with Crippen LogP contribution in [0.1, 0.15) is 30.4 Å². The van der Waals surface area contributed by atoms with Crippen LogP contribution in [0.15, 0.2) is 47.4 Å². The van der Waals surface area contributed by atoms with Crippen molar-refractivity contribution >= 4 is 21.0 Å². The van der Waals surface area contributed by atoms with Crippen molar-refractivity contribution in [1.82, 2.24) is 0 Å². The monoisotopic (exact) mass is 334 g/mol. The molecule has 2 aromatic rings. The quantitative estimate of drug-likeness (QED) is 0.830. The van der Waals surface area contributed by atoms with E-state index in [1.165, 1.54) is 24.3 Å². The summed E-state index contributed by atoms with van der Waals surface area (Å²) in [5.41, 5.74) is 3.67. The molecule has 0 atom stereocenters. The molecule has 0 N–H and O–H groups in total. The van der Waals surface area contributed by atoms with Gasteiger partial charge in [-0.2, -0.15) is 0 Å². The molecule has 1 aliphatic carbocycles. The maximum absolute atomic E-state index is 14.1. The smallest absolute Gasteiger partial charge is 0.178 e. The Kier molecular flexibility index (Phi) is 4.06. The molecule has 120 valence electrons. The summed E-state index contributed by atoms with van der Waals surface area (Å²) in [6.07, 6.45) is 3.57. The molecule has 0 spiro atoms. The Morgan fingerprint density at radius 2 is 1.43 bits per heavy atom. The van der Waals surface area contributed by atoms with Crippen molar-refractivity contribution in [2.24, 2.45) is 0 Å². The Hall–Kier alpha value is -2.01.